The molecular weight excluding hydrogens is 427 g/mol. The normalized spacial score (nSPS) is 10.5. The van der Waals surface area contributed by atoms with Crippen LogP contribution in [0, 0.1) is 5.82 Å². The number of benzene rings is 2. The lowest BCUT2D eigenvalue weighted by Gasteiger charge is -2.13. The number of anilines is 1. The molecule has 0 saturated carbocycles. The van der Waals surface area contributed by atoms with Crippen LogP contribution in [0.15, 0.2) is 83.5 Å². The fraction of sp³-hybridized carbons (Fsp3) is 0.120. The third kappa shape index (κ3) is 5.88. The Hall–Kier alpha value is -4.33. The number of nitrogens with zero attached hydrogens (tertiary/aromatic N) is 1. The van der Waals surface area contributed by atoms with Crippen LogP contribution in [0.4, 0.5) is 10.1 Å². The number of pyridine rings is 1. The average molecular weight is 448 g/mol. The summed E-state index contributed by atoms with van der Waals surface area (Å²) in [6, 6.07) is 17.7. The molecule has 0 aliphatic heterocycles. The molecule has 0 aliphatic carbocycles. The molecule has 0 saturated heterocycles. The maximum Gasteiger partial charge on any atom is 0.291 e. The van der Waals surface area contributed by atoms with E-state index < -0.39 is 5.91 Å². The van der Waals surface area contributed by atoms with Crippen LogP contribution < -0.4 is 19.5 Å². The number of ether oxygens (including phenoxy) is 3. The number of halogens is 1. The van der Waals surface area contributed by atoms with E-state index in [4.69, 9.17) is 18.6 Å². The SMILES string of the molecule is COc1ccc(NC(=O)c2ccc(COc3ccc(F)cc3)o2)cc1OCc1ccncc1. The zero-order valence-electron chi connectivity index (χ0n) is 17.8. The Kier molecular flexibility index (Phi) is 6.84. The Morgan fingerprint density at radius 2 is 1.73 bits per heavy atom. The molecule has 8 heteroatoms. The molecule has 0 atom stereocenters. The summed E-state index contributed by atoms with van der Waals surface area (Å²) in [4.78, 5) is 16.6. The van der Waals surface area contributed by atoms with Crippen LogP contribution in [0.5, 0.6) is 17.2 Å². The van der Waals surface area contributed by atoms with Crippen molar-refractivity contribution in [3.63, 3.8) is 0 Å². The quantitative estimate of drug-likeness (QED) is 0.377. The summed E-state index contributed by atoms with van der Waals surface area (Å²) >= 11 is 0. The zero-order chi connectivity index (χ0) is 23.0. The van der Waals surface area contributed by atoms with Crippen LogP contribution in [0.3, 0.4) is 0 Å². The van der Waals surface area contributed by atoms with Crippen LogP contribution in [-0.4, -0.2) is 18.0 Å². The fourth-order valence-corrected chi connectivity index (χ4v) is 2.96. The van der Waals surface area contributed by atoms with Crippen LogP contribution in [0.1, 0.15) is 21.9 Å². The molecule has 33 heavy (non-hydrogen) atoms. The van der Waals surface area contributed by atoms with E-state index in [1.807, 2.05) is 12.1 Å². The summed E-state index contributed by atoms with van der Waals surface area (Å²) in [5, 5.41) is 2.78. The molecule has 168 valence electrons. The van der Waals surface area contributed by atoms with E-state index in [-0.39, 0.29) is 18.2 Å². The highest BCUT2D eigenvalue weighted by molar-refractivity contribution is 6.02. The number of amides is 1. The minimum absolute atomic E-state index is 0.106. The third-order valence-electron chi connectivity index (χ3n) is 4.65. The van der Waals surface area contributed by atoms with Gasteiger partial charge in [0.1, 0.15) is 30.5 Å². The smallest absolute Gasteiger partial charge is 0.291 e. The Labute approximate surface area is 189 Å². The Bertz CT molecular complexity index is 1210. The van der Waals surface area contributed by atoms with Gasteiger partial charge in [-0.2, -0.15) is 0 Å². The van der Waals surface area contributed by atoms with Crippen molar-refractivity contribution in [2.75, 3.05) is 12.4 Å². The van der Waals surface area contributed by atoms with Gasteiger partial charge in [0, 0.05) is 24.1 Å². The van der Waals surface area contributed by atoms with Crippen molar-refractivity contribution >= 4 is 11.6 Å². The molecule has 0 aliphatic rings. The van der Waals surface area contributed by atoms with Crippen molar-refractivity contribution in [2.45, 2.75) is 13.2 Å². The highest BCUT2D eigenvalue weighted by Crippen LogP contribution is 2.31. The number of carbonyl (C=O) groups excluding carboxylic acids is 1. The summed E-state index contributed by atoms with van der Waals surface area (Å²) in [7, 11) is 1.55. The minimum Gasteiger partial charge on any atom is -0.493 e. The van der Waals surface area contributed by atoms with Gasteiger partial charge in [0.05, 0.1) is 7.11 Å². The first-order valence-electron chi connectivity index (χ1n) is 10.1. The monoisotopic (exact) mass is 448 g/mol. The molecule has 0 fully saturated rings. The molecule has 1 amide bonds. The fourth-order valence-electron chi connectivity index (χ4n) is 2.96. The van der Waals surface area contributed by atoms with Gasteiger partial charge in [-0.05, 0) is 66.2 Å². The maximum absolute atomic E-state index is 13.0. The van der Waals surface area contributed by atoms with E-state index in [1.165, 1.54) is 24.3 Å². The second kappa shape index (κ2) is 10.3. The van der Waals surface area contributed by atoms with Gasteiger partial charge < -0.3 is 23.9 Å². The molecule has 0 spiro atoms. The summed E-state index contributed by atoms with van der Waals surface area (Å²) in [6.45, 7) is 0.431. The minimum atomic E-state index is -0.423. The first-order valence-corrected chi connectivity index (χ1v) is 10.1. The lowest BCUT2D eigenvalue weighted by molar-refractivity contribution is 0.0992. The van der Waals surface area contributed by atoms with Gasteiger partial charge in [0.2, 0.25) is 0 Å². The topological polar surface area (TPSA) is 82.8 Å². The van der Waals surface area contributed by atoms with Gasteiger partial charge in [0.15, 0.2) is 17.3 Å². The number of hydrogen-bond donors (Lipinski definition) is 1. The van der Waals surface area contributed by atoms with Gasteiger partial charge in [-0.1, -0.05) is 0 Å². The number of aromatic nitrogens is 1. The summed E-state index contributed by atoms with van der Waals surface area (Å²) < 4.78 is 35.3. The van der Waals surface area contributed by atoms with E-state index in [0.29, 0.717) is 35.3 Å². The largest absolute Gasteiger partial charge is 0.493 e. The third-order valence-corrected chi connectivity index (χ3v) is 4.65. The highest BCUT2D eigenvalue weighted by atomic mass is 19.1. The average Bonchev–Trinajstić information content (AvgIpc) is 3.32. The number of rotatable bonds is 9. The van der Waals surface area contributed by atoms with Crippen LogP contribution in [-0.2, 0) is 13.2 Å². The predicted octanol–water partition coefficient (Wildman–Crippen LogP) is 5.23. The Morgan fingerprint density at radius 3 is 2.48 bits per heavy atom. The second-order valence-corrected chi connectivity index (χ2v) is 6.97. The molecule has 0 unspecified atom stereocenters. The van der Waals surface area contributed by atoms with Gasteiger partial charge in [-0.25, -0.2) is 4.39 Å². The Balaban J connectivity index is 1.38. The van der Waals surface area contributed by atoms with Gasteiger partial charge in [-0.3, -0.25) is 9.78 Å². The standard InChI is InChI=1S/C25H21FN2O5/c1-30-22-8-4-19(14-24(22)32-15-17-10-12-27-13-11-17)28-25(29)23-9-7-21(33-23)16-31-20-5-2-18(26)3-6-20/h2-14H,15-16H2,1H3,(H,28,29). The first kappa shape index (κ1) is 21.9. The molecule has 2 aromatic heterocycles. The number of carbonyl (C=O) groups is 1. The number of nitrogens with one attached hydrogen (secondary N) is 1. The number of furan rings is 1. The number of methoxy groups -OCH3 is 1. The van der Waals surface area contributed by atoms with Crippen molar-refractivity contribution in [3.05, 3.63) is 102 Å². The lowest BCUT2D eigenvalue weighted by Crippen LogP contribution is -2.11. The maximum atomic E-state index is 13.0. The van der Waals surface area contributed by atoms with Gasteiger partial charge in [-0.15, -0.1) is 0 Å². The molecule has 2 heterocycles. The van der Waals surface area contributed by atoms with Crippen molar-refractivity contribution < 1.29 is 27.8 Å². The predicted molar refractivity (Wildman–Crippen MR) is 119 cm³/mol. The van der Waals surface area contributed by atoms with Crippen molar-refractivity contribution in [1.29, 1.82) is 0 Å². The van der Waals surface area contributed by atoms with Crippen LogP contribution in [0.25, 0.3) is 0 Å². The first-order chi connectivity index (χ1) is 16.1. The highest BCUT2D eigenvalue weighted by Gasteiger charge is 2.14. The Morgan fingerprint density at radius 1 is 0.939 bits per heavy atom. The molecule has 4 aromatic rings. The summed E-state index contributed by atoms with van der Waals surface area (Å²) in [5.41, 5.74) is 1.47. The van der Waals surface area contributed by atoms with Crippen molar-refractivity contribution in [2.24, 2.45) is 0 Å². The molecule has 2 aromatic carbocycles. The van der Waals surface area contributed by atoms with Crippen molar-refractivity contribution in [3.8, 4) is 17.2 Å². The summed E-state index contributed by atoms with van der Waals surface area (Å²) in [6.07, 6.45) is 3.38. The molecule has 0 bridgehead atoms. The molecule has 0 radical (unpaired) electrons. The van der Waals surface area contributed by atoms with E-state index >= 15 is 0 Å². The van der Waals surface area contributed by atoms with Crippen LogP contribution >= 0.6 is 0 Å². The van der Waals surface area contributed by atoms with Crippen LogP contribution in [0.2, 0.25) is 0 Å². The van der Waals surface area contributed by atoms with Crippen molar-refractivity contribution in [1.82, 2.24) is 4.98 Å². The second-order valence-electron chi connectivity index (χ2n) is 6.97. The lowest BCUT2D eigenvalue weighted by atomic mass is 10.2. The number of hydrogen-bond acceptors (Lipinski definition) is 6. The zero-order valence-corrected chi connectivity index (χ0v) is 17.8. The van der Waals surface area contributed by atoms with Gasteiger partial charge >= 0.3 is 0 Å². The van der Waals surface area contributed by atoms with Gasteiger partial charge in [0.25, 0.3) is 5.91 Å². The molecule has 1 N–H and O–H groups in total. The van der Waals surface area contributed by atoms with E-state index in [1.54, 1.807) is 49.8 Å². The molecule has 7 nitrogen and oxygen atoms in total. The van der Waals surface area contributed by atoms with E-state index in [0.717, 1.165) is 5.56 Å². The summed E-state index contributed by atoms with van der Waals surface area (Å²) in [5.74, 6) is 1.34. The van der Waals surface area contributed by atoms with E-state index in [9.17, 15) is 9.18 Å². The molecular formula is C25H21FN2O5. The van der Waals surface area contributed by atoms with E-state index in [2.05, 4.69) is 10.3 Å². The molecule has 4 rings (SSSR count).